The topological polar surface area (TPSA) is 56.7 Å². The Kier molecular flexibility index (Phi) is 6.17. The molecule has 0 spiro atoms. The highest BCUT2D eigenvalue weighted by Crippen LogP contribution is 2.55. The van der Waals surface area contributed by atoms with Crippen LogP contribution in [0, 0.1) is 0 Å². The molecular formula is C46H26F2N4O. The Balaban J connectivity index is 1.22. The third kappa shape index (κ3) is 4.31. The van der Waals surface area contributed by atoms with E-state index in [4.69, 9.17) is 19.4 Å². The second-order valence-corrected chi connectivity index (χ2v) is 13.4. The zero-order valence-electron chi connectivity index (χ0n) is 28.0. The third-order valence-corrected chi connectivity index (χ3v) is 10.4. The predicted molar refractivity (Wildman–Crippen MR) is 206 cm³/mol. The molecule has 3 aromatic heterocycles. The van der Waals surface area contributed by atoms with Crippen LogP contribution in [0.15, 0.2) is 162 Å². The number of nitrogens with zero attached hydrogens (tertiary/aromatic N) is 4. The van der Waals surface area contributed by atoms with Gasteiger partial charge >= 0.3 is 5.92 Å². The molecule has 1 aliphatic carbocycles. The lowest BCUT2D eigenvalue weighted by molar-refractivity contribution is 0.0493. The van der Waals surface area contributed by atoms with Crippen molar-refractivity contribution in [2.45, 2.75) is 5.92 Å². The van der Waals surface area contributed by atoms with Crippen molar-refractivity contribution in [1.29, 1.82) is 0 Å². The smallest absolute Gasteiger partial charge is 0.301 e. The van der Waals surface area contributed by atoms with Crippen molar-refractivity contribution >= 4 is 43.7 Å². The fourth-order valence-electron chi connectivity index (χ4n) is 8.07. The molecule has 0 unspecified atom stereocenters. The van der Waals surface area contributed by atoms with Gasteiger partial charge in [-0.1, -0.05) is 127 Å². The summed E-state index contributed by atoms with van der Waals surface area (Å²) in [4.78, 5) is 14.8. The Morgan fingerprint density at radius 2 is 1.13 bits per heavy atom. The predicted octanol–water partition coefficient (Wildman–Crippen LogP) is 12.0. The van der Waals surface area contributed by atoms with E-state index in [1.54, 1.807) is 12.1 Å². The molecule has 5 nitrogen and oxygen atoms in total. The van der Waals surface area contributed by atoms with Crippen LogP contribution in [0.2, 0.25) is 0 Å². The molecule has 0 atom stereocenters. The Bertz CT molecular complexity index is 3040. The summed E-state index contributed by atoms with van der Waals surface area (Å²) in [6, 6.07) is 49.9. The van der Waals surface area contributed by atoms with Gasteiger partial charge in [0.25, 0.3) is 0 Å². The molecule has 1 aliphatic rings. The molecule has 0 aliphatic heterocycles. The summed E-state index contributed by atoms with van der Waals surface area (Å²) in [6.45, 7) is 0. The average molecular weight is 689 g/mol. The number of fused-ring (bicyclic) bond motifs is 11. The van der Waals surface area contributed by atoms with E-state index in [-0.39, 0.29) is 11.1 Å². The highest BCUT2D eigenvalue weighted by atomic mass is 19.3. The van der Waals surface area contributed by atoms with Crippen molar-refractivity contribution in [3.8, 4) is 51.0 Å². The van der Waals surface area contributed by atoms with Crippen LogP contribution in [0.5, 0.6) is 0 Å². The number of para-hydroxylation sites is 1. The van der Waals surface area contributed by atoms with E-state index in [2.05, 4.69) is 0 Å². The second kappa shape index (κ2) is 11.0. The summed E-state index contributed by atoms with van der Waals surface area (Å²) < 4.78 is 42.1. The maximum absolute atomic E-state index is 16.9. The monoisotopic (exact) mass is 688 g/mol. The number of furan rings is 1. The first-order valence-corrected chi connectivity index (χ1v) is 17.4. The summed E-state index contributed by atoms with van der Waals surface area (Å²) in [7, 11) is 0. The van der Waals surface area contributed by atoms with Gasteiger partial charge in [0.15, 0.2) is 17.5 Å². The van der Waals surface area contributed by atoms with Gasteiger partial charge in [-0.3, -0.25) is 0 Å². The zero-order chi connectivity index (χ0) is 35.3. The van der Waals surface area contributed by atoms with Crippen molar-refractivity contribution in [1.82, 2.24) is 19.5 Å². The Labute approximate surface area is 301 Å². The van der Waals surface area contributed by atoms with E-state index in [0.717, 1.165) is 49.3 Å². The fourth-order valence-corrected chi connectivity index (χ4v) is 8.07. The van der Waals surface area contributed by atoms with Crippen LogP contribution in [0.25, 0.3) is 94.7 Å². The number of hydrogen-bond donors (Lipinski definition) is 0. The van der Waals surface area contributed by atoms with E-state index < -0.39 is 5.92 Å². The van der Waals surface area contributed by atoms with Gasteiger partial charge in [0.2, 0.25) is 0 Å². The standard InChI is InChI=1S/C46H26F2N4O/c47-46(48)35-20-9-7-18-31(35)32-22-23-34-39-36(24-25-38-40(39)33-19-8-10-21-37(33)53-38)52(42(34)41(32)46)30-17-11-16-29(26-30)45-50-43(27-12-3-1-4-13-27)49-44(51-45)28-14-5-2-6-15-28/h1-26H. The molecular weight excluding hydrogens is 663 g/mol. The van der Waals surface area contributed by atoms with Gasteiger partial charge in [-0.25, -0.2) is 15.0 Å². The zero-order valence-corrected chi connectivity index (χ0v) is 28.0. The lowest BCUT2D eigenvalue weighted by atomic mass is 10.00. The van der Waals surface area contributed by atoms with Gasteiger partial charge in [0.1, 0.15) is 11.2 Å². The van der Waals surface area contributed by atoms with Gasteiger partial charge in [-0.2, -0.15) is 8.78 Å². The highest BCUT2D eigenvalue weighted by Gasteiger charge is 2.46. The summed E-state index contributed by atoms with van der Waals surface area (Å²) >= 11 is 0. The molecule has 53 heavy (non-hydrogen) atoms. The van der Waals surface area contributed by atoms with Crippen molar-refractivity contribution < 1.29 is 13.2 Å². The van der Waals surface area contributed by atoms with Crippen LogP contribution in [0.3, 0.4) is 0 Å². The van der Waals surface area contributed by atoms with Crippen molar-refractivity contribution in [3.63, 3.8) is 0 Å². The van der Waals surface area contributed by atoms with Crippen LogP contribution < -0.4 is 0 Å². The fraction of sp³-hybridized carbons (Fsp3) is 0.0217. The molecule has 11 rings (SSSR count). The van der Waals surface area contributed by atoms with Crippen LogP contribution in [0.4, 0.5) is 8.78 Å². The molecule has 250 valence electrons. The van der Waals surface area contributed by atoms with E-state index in [0.29, 0.717) is 45.4 Å². The molecule has 0 saturated carbocycles. The van der Waals surface area contributed by atoms with Crippen molar-refractivity contribution in [2.75, 3.05) is 0 Å². The lowest BCUT2D eigenvalue weighted by Crippen LogP contribution is -2.13. The van der Waals surface area contributed by atoms with Gasteiger partial charge < -0.3 is 8.98 Å². The molecule has 0 amide bonds. The van der Waals surface area contributed by atoms with Gasteiger partial charge in [-0.15, -0.1) is 0 Å². The normalized spacial score (nSPS) is 13.2. The quantitative estimate of drug-likeness (QED) is 0.185. The highest BCUT2D eigenvalue weighted by molar-refractivity contribution is 6.28. The first-order chi connectivity index (χ1) is 26.0. The minimum absolute atomic E-state index is 0.00311. The van der Waals surface area contributed by atoms with E-state index in [1.165, 1.54) is 6.07 Å². The van der Waals surface area contributed by atoms with E-state index >= 15 is 8.78 Å². The molecule has 0 fully saturated rings. The SMILES string of the molecule is FC1(F)c2ccccc2-c2ccc3c4c5c(ccc4n(-c4cccc(-c6nc(-c7ccccc7)nc(-c7ccccc7)n6)c4)c3c21)oc1ccccc15. The largest absolute Gasteiger partial charge is 0.456 e. The maximum Gasteiger partial charge on any atom is 0.301 e. The second-order valence-electron chi connectivity index (χ2n) is 13.4. The van der Waals surface area contributed by atoms with Gasteiger partial charge in [0.05, 0.1) is 16.6 Å². The lowest BCUT2D eigenvalue weighted by Gasteiger charge is -2.17. The van der Waals surface area contributed by atoms with Crippen LogP contribution in [-0.2, 0) is 5.92 Å². The number of aromatic nitrogens is 4. The molecule has 10 aromatic rings. The van der Waals surface area contributed by atoms with E-state index in [1.807, 2.05) is 144 Å². The van der Waals surface area contributed by atoms with Crippen LogP contribution in [-0.4, -0.2) is 19.5 Å². The van der Waals surface area contributed by atoms with Gasteiger partial charge in [0, 0.05) is 49.5 Å². The minimum Gasteiger partial charge on any atom is -0.456 e. The number of benzene rings is 7. The van der Waals surface area contributed by atoms with Crippen molar-refractivity contribution in [3.05, 3.63) is 169 Å². The number of hydrogen-bond acceptors (Lipinski definition) is 4. The molecule has 7 heteroatoms. The minimum atomic E-state index is -3.23. The third-order valence-electron chi connectivity index (χ3n) is 10.4. The first kappa shape index (κ1) is 29.7. The Morgan fingerprint density at radius 1 is 0.491 bits per heavy atom. The molecule has 0 saturated heterocycles. The summed E-state index contributed by atoms with van der Waals surface area (Å²) in [6.07, 6.45) is 0. The summed E-state index contributed by atoms with van der Waals surface area (Å²) in [5.41, 5.74) is 6.95. The van der Waals surface area contributed by atoms with Crippen LogP contribution >= 0.6 is 0 Å². The molecule has 7 aromatic carbocycles. The van der Waals surface area contributed by atoms with E-state index in [9.17, 15) is 0 Å². The van der Waals surface area contributed by atoms with Gasteiger partial charge in [-0.05, 0) is 41.5 Å². The Hall–Kier alpha value is -6.99. The molecule has 0 radical (unpaired) electrons. The first-order valence-electron chi connectivity index (χ1n) is 17.4. The average Bonchev–Trinajstić information content (AvgIpc) is 3.84. The molecule has 0 bridgehead atoms. The number of alkyl halides is 2. The number of halogens is 2. The molecule has 3 heterocycles. The maximum atomic E-state index is 16.9. The summed E-state index contributed by atoms with van der Waals surface area (Å²) in [5.74, 6) is -1.66. The number of rotatable bonds is 4. The summed E-state index contributed by atoms with van der Waals surface area (Å²) in [5, 5.41) is 3.42. The molecule has 0 N–H and O–H groups in total. The Morgan fingerprint density at radius 3 is 1.89 bits per heavy atom. The van der Waals surface area contributed by atoms with Crippen molar-refractivity contribution in [2.24, 2.45) is 0 Å². The van der Waals surface area contributed by atoms with Crippen LogP contribution in [0.1, 0.15) is 11.1 Å².